The minimum atomic E-state index is -0.119. The number of rotatable bonds is 6. The Morgan fingerprint density at radius 3 is 2.73 bits per heavy atom. The third-order valence-corrected chi connectivity index (χ3v) is 7.32. The van der Waals surface area contributed by atoms with Crippen LogP contribution in [0.1, 0.15) is 54.2 Å². The van der Waals surface area contributed by atoms with Crippen molar-refractivity contribution in [2.45, 2.75) is 44.2 Å². The number of carbonyl (C=O) groups is 1. The summed E-state index contributed by atoms with van der Waals surface area (Å²) in [5.74, 6) is 0.569. The van der Waals surface area contributed by atoms with Gasteiger partial charge >= 0.3 is 0 Å². The highest BCUT2D eigenvalue weighted by Gasteiger charge is 2.53. The van der Waals surface area contributed by atoms with E-state index in [1.165, 1.54) is 11.1 Å². The largest absolute Gasteiger partial charge is 0.378 e. The van der Waals surface area contributed by atoms with Gasteiger partial charge in [-0.1, -0.05) is 50.3 Å². The van der Waals surface area contributed by atoms with Crippen LogP contribution < -0.4 is 5.32 Å². The Morgan fingerprint density at radius 1 is 1.30 bits per heavy atom. The van der Waals surface area contributed by atoms with Crippen LogP contribution in [0.2, 0.25) is 0 Å². The standard InChI is InChI=1S/C25H32N2O2S/c1-18(2)7-6-13-27-14-11-25(12-15-27)21-9-5-4-8-20(21)22(23(25)29-3)26-24(28)19-10-16-30-17-19/h4-10,16-18,22-23H,11-15H2,1-3H3,(H,26,28)/b7-6+/t22-,23+/m1/s1. The highest BCUT2D eigenvalue weighted by Crippen LogP contribution is 2.52. The topological polar surface area (TPSA) is 41.6 Å². The number of hydrogen-bond acceptors (Lipinski definition) is 4. The average Bonchev–Trinajstić information content (AvgIpc) is 3.36. The highest BCUT2D eigenvalue weighted by molar-refractivity contribution is 7.08. The summed E-state index contributed by atoms with van der Waals surface area (Å²) in [7, 11) is 1.79. The molecule has 1 fully saturated rings. The maximum Gasteiger partial charge on any atom is 0.252 e. The molecule has 1 spiro atoms. The van der Waals surface area contributed by atoms with Crippen molar-refractivity contribution in [3.63, 3.8) is 0 Å². The van der Waals surface area contributed by atoms with Gasteiger partial charge in [0.1, 0.15) is 0 Å². The monoisotopic (exact) mass is 424 g/mol. The van der Waals surface area contributed by atoms with E-state index in [2.05, 4.69) is 60.5 Å². The van der Waals surface area contributed by atoms with Gasteiger partial charge in [0.15, 0.2) is 0 Å². The molecular weight excluding hydrogens is 392 g/mol. The summed E-state index contributed by atoms with van der Waals surface area (Å²) in [6, 6.07) is 10.3. The number of fused-ring (bicyclic) bond motifs is 2. The Hall–Kier alpha value is -1.95. The van der Waals surface area contributed by atoms with E-state index in [0.717, 1.165) is 38.0 Å². The molecule has 1 aromatic carbocycles. The number of nitrogens with one attached hydrogen (secondary N) is 1. The summed E-state index contributed by atoms with van der Waals surface area (Å²) < 4.78 is 6.12. The second-order valence-corrected chi connectivity index (χ2v) is 9.62. The minimum Gasteiger partial charge on any atom is -0.378 e. The van der Waals surface area contributed by atoms with Crippen LogP contribution >= 0.6 is 11.3 Å². The molecule has 4 nitrogen and oxygen atoms in total. The summed E-state index contributed by atoms with van der Waals surface area (Å²) in [5.41, 5.74) is 3.24. The number of ether oxygens (including phenoxy) is 1. The summed E-state index contributed by atoms with van der Waals surface area (Å²) in [4.78, 5) is 15.4. The first-order chi connectivity index (χ1) is 14.5. The Labute approximate surface area is 183 Å². The van der Waals surface area contributed by atoms with Gasteiger partial charge in [-0.05, 0) is 54.4 Å². The predicted molar refractivity (Wildman–Crippen MR) is 123 cm³/mol. The van der Waals surface area contributed by atoms with Crippen LogP contribution in [0.4, 0.5) is 0 Å². The lowest BCUT2D eigenvalue weighted by atomic mass is 9.72. The summed E-state index contributed by atoms with van der Waals surface area (Å²) in [6.07, 6.45) is 6.61. The van der Waals surface area contributed by atoms with Crippen LogP contribution in [-0.4, -0.2) is 43.7 Å². The van der Waals surface area contributed by atoms with Gasteiger partial charge in [-0.3, -0.25) is 9.69 Å². The van der Waals surface area contributed by atoms with Gasteiger partial charge in [0.2, 0.25) is 0 Å². The Morgan fingerprint density at radius 2 is 2.07 bits per heavy atom. The smallest absolute Gasteiger partial charge is 0.252 e. The zero-order valence-electron chi connectivity index (χ0n) is 18.1. The normalized spacial score (nSPS) is 23.3. The van der Waals surface area contributed by atoms with Crippen LogP contribution in [0.25, 0.3) is 0 Å². The molecule has 1 aliphatic carbocycles. The van der Waals surface area contributed by atoms with Crippen LogP contribution in [-0.2, 0) is 10.2 Å². The first-order valence-electron chi connectivity index (χ1n) is 10.9. The Kier molecular flexibility index (Phi) is 6.42. The van der Waals surface area contributed by atoms with Gasteiger partial charge in [-0.2, -0.15) is 11.3 Å². The first-order valence-corrected chi connectivity index (χ1v) is 11.8. The second kappa shape index (κ2) is 9.04. The molecule has 2 heterocycles. The van der Waals surface area contributed by atoms with E-state index in [-0.39, 0.29) is 23.5 Å². The number of carbonyl (C=O) groups excluding carboxylic acids is 1. The Bertz CT molecular complexity index is 882. The number of allylic oxidation sites excluding steroid dienone is 1. The number of hydrogen-bond donors (Lipinski definition) is 1. The quantitative estimate of drug-likeness (QED) is 0.678. The van der Waals surface area contributed by atoms with Crippen molar-refractivity contribution in [2.75, 3.05) is 26.7 Å². The van der Waals surface area contributed by atoms with Gasteiger partial charge in [0.05, 0.1) is 17.7 Å². The summed E-state index contributed by atoms with van der Waals surface area (Å²) in [5, 5.41) is 7.13. The minimum absolute atomic E-state index is 0.0218. The Balaban J connectivity index is 1.56. The molecule has 1 amide bonds. The lowest BCUT2D eigenvalue weighted by molar-refractivity contribution is -0.00976. The molecule has 0 radical (unpaired) electrons. The van der Waals surface area contributed by atoms with E-state index < -0.39 is 0 Å². The third kappa shape index (κ3) is 3.98. The molecule has 160 valence electrons. The maximum atomic E-state index is 12.9. The van der Waals surface area contributed by atoms with E-state index in [1.54, 1.807) is 18.4 Å². The molecule has 2 aliphatic rings. The molecule has 1 aromatic heterocycles. The molecule has 0 unspecified atom stereocenters. The highest BCUT2D eigenvalue weighted by atomic mass is 32.1. The zero-order chi connectivity index (χ0) is 21.1. The van der Waals surface area contributed by atoms with Crippen LogP contribution in [0.15, 0.2) is 53.2 Å². The molecule has 4 rings (SSSR count). The molecule has 1 aliphatic heterocycles. The zero-order valence-corrected chi connectivity index (χ0v) is 19.0. The fourth-order valence-corrected chi connectivity index (χ4v) is 5.80. The summed E-state index contributed by atoms with van der Waals surface area (Å²) in [6.45, 7) is 7.52. The number of thiophene rings is 1. The SMILES string of the molecule is CO[C@H]1[C@H](NC(=O)c2ccsc2)c2ccccc2C12CCN(C/C=C/C(C)C)CC2. The van der Waals surface area contributed by atoms with Crippen molar-refractivity contribution in [3.8, 4) is 0 Å². The number of nitrogens with zero attached hydrogens (tertiary/aromatic N) is 1. The molecular formula is C25H32N2O2S. The van der Waals surface area contributed by atoms with Gasteiger partial charge in [0.25, 0.3) is 5.91 Å². The first kappa shape index (κ1) is 21.3. The van der Waals surface area contributed by atoms with Gasteiger partial charge in [-0.15, -0.1) is 0 Å². The molecule has 1 N–H and O–H groups in total. The van der Waals surface area contributed by atoms with E-state index in [0.29, 0.717) is 5.92 Å². The summed E-state index contributed by atoms with van der Waals surface area (Å²) >= 11 is 1.54. The fourth-order valence-electron chi connectivity index (χ4n) is 5.16. The fraction of sp³-hybridized carbons (Fsp3) is 0.480. The van der Waals surface area contributed by atoms with Crippen molar-refractivity contribution < 1.29 is 9.53 Å². The van der Waals surface area contributed by atoms with E-state index >= 15 is 0 Å². The van der Waals surface area contributed by atoms with Crippen molar-refractivity contribution in [2.24, 2.45) is 5.92 Å². The van der Waals surface area contributed by atoms with Gasteiger partial charge in [0, 0.05) is 24.4 Å². The van der Waals surface area contributed by atoms with Gasteiger partial charge in [-0.25, -0.2) is 0 Å². The van der Waals surface area contributed by atoms with Crippen molar-refractivity contribution in [1.82, 2.24) is 10.2 Å². The number of likely N-dealkylation sites (tertiary alicyclic amines) is 1. The molecule has 2 aromatic rings. The maximum absolute atomic E-state index is 12.9. The average molecular weight is 425 g/mol. The van der Waals surface area contributed by atoms with E-state index in [1.807, 2.05) is 16.8 Å². The van der Waals surface area contributed by atoms with Crippen LogP contribution in [0.5, 0.6) is 0 Å². The molecule has 0 bridgehead atoms. The second-order valence-electron chi connectivity index (χ2n) is 8.84. The molecule has 30 heavy (non-hydrogen) atoms. The molecule has 1 saturated heterocycles. The lowest BCUT2D eigenvalue weighted by Crippen LogP contribution is -2.50. The number of methoxy groups -OCH3 is 1. The van der Waals surface area contributed by atoms with Crippen molar-refractivity contribution in [3.05, 3.63) is 69.9 Å². The molecule has 0 saturated carbocycles. The van der Waals surface area contributed by atoms with Crippen molar-refractivity contribution >= 4 is 17.2 Å². The lowest BCUT2D eigenvalue weighted by Gasteiger charge is -2.44. The number of amides is 1. The molecule has 2 atom stereocenters. The van der Waals surface area contributed by atoms with Gasteiger partial charge < -0.3 is 10.1 Å². The van der Waals surface area contributed by atoms with E-state index in [9.17, 15) is 4.79 Å². The number of benzene rings is 1. The van der Waals surface area contributed by atoms with Crippen LogP contribution in [0, 0.1) is 5.92 Å². The predicted octanol–water partition coefficient (Wildman–Crippen LogP) is 4.79. The third-order valence-electron chi connectivity index (χ3n) is 6.64. The van der Waals surface area contributed by atoms with E-state index in [4.69, 9.17) is 4.74 Å². The van der Waals surface area contributed by atoms with Crippen LogP contribution in [0.3, 0.4) is 0 Å². The number of piperidine rings is 1. The molecule has 5 heteroatoms. The van der Waals surface area contributed by atoms with Crippen molar-refractivity contribution in [1.29, 1.82) is 0 Å².